The molecule has 0 amide bonds. The fourth-order valence-electron chi connectivity index (χ4n) is 2.41. The van der Waals surface area contributed by atoms with E-state index >= 15 is 0 Å². The molecule has 0 radical (unpaired) electrons. The van der Waals surface area contributed by atoms with Crippen LogP contribution in [0.25, 0.3) is 0 Å². The first-order valence-corrected chi connectivity index (χ1v) is 9.02. The van der Waals surface area contributed by atoms with Gasteiger partial charge in [0.15, 0.2) is 0 Å². The lowest BCUT2D eigenvalue weighted by Crippen LogP contribution is -2.50. The van der Waals surface area contributed by atoms with Crippen LogP contribution in [0, 0.1) is 0 Å². The zero-order valence-electron chi connectivity index (χ0n) is 13.1. The maximum Gasteiger partial charge on any atom is 0.279 e. The Morgan fingerprint density at radius 2 is 2.10 bits per heavy atom. The minimum Gasteiger partial charge on any atom is -0.317 e. The van der Waals surface area contributed by atoms with Crippen LogP contribution in [0.15, 0.2) is 0 Å². The molecule has 7 heteroatoms. The van der Waals surface area contributed by atoms with Gasteiger partial charge < -0.3 is 10.2 Å². The molecule has 6 nitrogen and oxygen atoms in total. The molecular formula is C13H30N4O2S. The first-order chi connectivity index (χ1) is 9.45. The summed E-state index contributed by atoms with van der Waals surface area (Å²) < 4.78 is 28.6. The molecule has 1 atom stereocenters. The highest BCUT2D eigenvalue weighted by Crippen LogP contribution is 2.10. The van der Waals surface area contributed by atoms with Crippen LogP contribution in [0.1, 0.15) is 32.6 Å². The summed E-state index contributed by atoms with van der Waals surface area (Å²) in [5, 5.41) is 3.28. The third kappa shape index (κ3) is 6.49. The fraction of sp³-hybridized carbons (Fsp3) is 1.00. The van der Waals surface area contributed by atoms with Gasteiger partial charge in [0.1, 0.15) is 0 Å². The van der Waals surface area contributed by atoms with E-state index in [9.17, 15) is 8.42 Å². The van der Waals surface area contributed by atoms with Crippen molar-refractivity contribution in [3.8, 4) is 0 Å². The van der Waals surface area contributed by atoms with Gasteiger partial charge >= 0.3 is 0 Å². The predicted octanol–water partition coefficient (Wildman–Crippen LogP) is 0.237. The van der Waals surface area contributed by atoms with Crippen LogP contribution in [0.2, 0.25) is 0 Å². The maximum atomic E-state index is 12.2. The number of nitrogens with one attached hydrogen (secondary N) is 2. The van der Waals surface area contributed by atoms with E-state index in [1.165, 1.54) is 4.31 Å². The van der Waals surface area contributed by atoms with Crippen LogP contribution in [0.3, 0.4) is 0 Å². The molecule has 1 rings (SSSR count). The van der Waals surface area contributed by atoms with Crippen LogP contribution >= 0.6 is 0 Å². The summed E-state index contributed by atoms with van der Waals surface area (Å²) in [7, 11) is 0.332. The Kier molecular flexibility index (Phi) is 7.98. The van der Waals surface area contributed by atoms with E-state index < -0.39 is 10.2 Å². The number of hydrogen-bond acceptors (Lipinski definition) is 4. The first kappa shape index (κ1) is 17.8. The number of rotatable bonds is 9. The van der Waals surface area contributed by atoms with Gasteiger partial charge in [0.05, 0.1) is 0 Å². The molecule has 1 unspecified atom stereocenters. The van der Waals surface area contributed by atoms with Crippen LogP contribution < -0.4 is 10.0 Å². The lowest BCUT2D eigenvalue weighted by atomic mass is 10.1. The van der Waals surface area contributed by atoms with Crippen molar-refractivity contribution in [2.24, 2.45) is 0 Å². The molecule has 0 bridgehead atoms. The summed E-state index contributed by atoms with van der Waals surface area (Å²) in [5.74, 6) is 0. The van der Waals surface area contributed by atoms with Crippen molar-refractivity contribution in [2.75, 3.05) is 46.8 Å². The molecule has 1 aliphatic rings. The lowest BCUT2D eigenvalue weighted by molar-refractivity contribution is 0.240. The van der Waals surface area contributed by atoms with Crippen molar-refractivity contribution in [2.45, 2.75) is 38.6 Å². The Morgan fingerprint density at radius 1 is 1.35 bits per heavy atom. The van der Waals surface area contributed by atoms with Gasteiger partial charge in [-0.1, -0.05) is 6.92 Å². The second-order valence-corrected chi connectivity index (χ2v) is 7.46. The van der Waals surface area contributed by atoms with E-state index in [1.54, 1.807) is 7.05 Å². The zero-order valence-corrected chi connectivity index (χ0v) is 13.9. The topological polar surface area (TPSA) is 64.7 Å². The average molecular weight is 306 g/mol. The molecule has 1 aliphatic heterocycles. The summed E-state index contributed by atoms with van der Waals surface area (Å²) in [6.45, 7) is 6.37. The third-order valence-electron chi connectivity index (χ3n) is 3.60. The highest BCUT2D eigenvalue weighted by Gasteiger charge is 2.24. The minimum atomic E-state index is -3.35. The van der Waals surface area contributed by atoms with E-state index in [4.69, 9.17) is 0 Å². The molecule has 0 aromatic rings. The second kappa shape index (κ2) is 8.94. The van der Waals surface area contributed by atoms with Crippen molar-refractivity contribution in [1.29, 1.82) is 0 Å². The van der Waals surface area contributed by atoms with Gasteiger partial charge in [-0.15, -0.1) is 0 Å². The Morgan fingerprint density at radius 3 is 2.75 bits per heavy atom. The summed E-state index contributed by atoms with van der Waals surface area (Å²) in [6, 6.07) is 0.0411. The molecule has 1 heterocycles. The van der Waals surface area contributed by atoms with Crippen molar-refractivity contribution in [3.63, 3.8) is 0 Å². The Labute approximate surface area is 124 Å². The van der Waals surface area contributed by atoms with E-state index in [1.807, 2.05) is 7.05 Å². The smallest absolute Gasteiger partial charge is 0.279 e. The molecule has 0 aliphatic carbocycles. The van der Waals surface area contributed by atoms with Crippen LogP contribution in [0.5, 0.6) is 0 Å². The normalized spacial score (nSPS) is 21.5. The molecular weight excluding hydrogens is 276 g/mol. The van der Waals surface area contributed by atoms with E-state index in [-0.39, 0.29) is 6.04 Å². The molecule has 1 fully saturated rings. The van der Waals surface area contributed by atoms with Gasteiger partial charge in [0.2, 0.25) is 0 Å². The molecule has 0 spiro atoms. The number of likely N-dealkylation sites (N-methyl/N-ethyl adjacent to an activating group) is 1. The average Bonchev–Trinajstić information content (AvgIpc) is 2.37. The summed E-state index contributed by atoms with van der Waals surface area (Å²) in [6.07, 6.45) is 3.91. The summed E-state index contributed by atoms with van der Waals surface area (Å²) in [5.41, 5.74) is 0. The van der Waals surface area contributed by atoms with E-state index in [2.05, 4.69) is 21.9 Å². The van der Waals surface area contributed by atoms with Gasteiger partial charge in [-0.05, 0) is 52.4 Å². The monoisotopic (exact) mass is 306 g/mol. The van der Waals surface area contributed by atoms with Crippen LogP contribution in [0.4, 0.5) is 0 Å². The molecule has 120 valence electrons. The summed E-state index contributed by atoms with van der Waals surface area (Å²) >= 11 is 0. The lowest BCUT2D eigenvalue weighted by Gasteiger charge is -2.31. The minimum absolute atomic E-state index is 0.0411. The van der Waals surface area contributed by atoms with Gasteiger partial charge in [0, 0.05) is 26.2 Å². The number of likely N-dealkylation sites (tertiary alicyclic amines) is 1. The zero-order chi connectivity index (χ0) is 15.0. The SMILES string of the molecule is CCCNCCCN(C)S(=O)(=O)NC1CCCN(C)C1. The van der Waals surface area contributed by atoms with Gasteiger partial charge in [-0.2, -0.15) is 17.4 Å². The number of piperidine rings is 1. The Bertz CT molecular complexity index is 361. The highest BCUT2D eigenvalue weighted by molar-refractivity contribution is 7.87. The highest BCUT2D eigenvalue weighted by atomic mass is 32.2. The van der Waals surface area contributed by atoms with Crippen LogP contribution in [-0.2, 0) is 10.2 Å². The van der Waals surface area contributed by atoms with Crippen molar-refractivity contribution in [3.05, 3.63) is 0 Å². The maximum absolute atomic E-state index is 12.2. The molecule has 1 saturated heterocycles. The Balaban J connectivity index is 2.31. The van der Waals surface area contributed by atoms with Gasteiger partial charge in [0.25, 0.3) is 10.2 Å². The number of hydrogen-bond donors (Lipinski definition) is 2. The van der Waals surface area contributed by atoms with Gasteiger partial charge in [-0.25, -0.2) is 0 Å². The first-order valence-electron chi connectivity index (χ1n) is 7.58. The standard InChI is InChI=1S/C13H30N4O2S/c1-4-8-14-9-6-11-17(3)20(18,19)15-13-7-5-10-16(2)12-13/h13-15H,4-12H2,1-3H3. The summed E-state index contributed by atoms with van der Waals surface area (Å²) in [4.78, 5) is 2.17. The molecule has 2 N–H and O–H groups in total. The molecule has 20 heavy (non-hydrogen) atoms. The largest absolute Gasteiger partial charge is 0.317 e. The predicted molar refractivity (Wildman–Crippen MR) is 83.0 cm³/mol. The number of nitrogens with zero attached hydrogens (tertiary/aromatic N) is 2. The van der Waals surface area contributed by atoms with Crippen molar-refractivity contribution in [1.82, 2.24) is 19.2 Å². The van der Waals surface area contributed by atoms with Crippen molar-refractivity contribution < 1.29 is 8.42 Å². The quantitative estimate of drug-likeness (QED) is 0.599. The van der Waals surface area contributed by atoms with E-state index in [0.29, 0.717) is 6.54 Å². The third-order valence-corrected chi connectivity index (χ3v) is 5.24. The fourth-order valence-corrected chi connectivity index (χ4v) is 3.57. The molecule has 0 aromatic heterocycles. The second-order valence-electron chi connectivity index (χ2n) is 5.65. The molecule has 0 aromatic carbocycles. The van der Waals surface area contributed by atoms with Crippen molar-refractivity contribution >= 4 is 10.2 Å². The Hall–Kier alpha value is -0.210. The van der Waals surface area contributed by atoms with Gasteiger partial charge in [-0.3, -0.25) is 0 Å². The van der Waals surface area contributed by atoms with Crippen LogP contribution in [-0.4, -0.2) is 70.5 Å². The van der Waals surface area contributed by atoms with E-state index in [0.717, 1.165) is 51.9 Å². The molecule has 0 saturated carbocycles.